The number of fused-ring (bicyclic) bond motifs is 3. The number of rotatable bonds is 2. The van der Waals surface area contributed by atoms with Crippen molar-refractivity contribution in [2.45, 2.75) is 44.9 Å². The number of carbonyl (C=O) groups excluding carboxylic acids is 2. The first-order chi connectivity index (χ1) is 11.4. The molecular formula is C18H22N2O4. The van der Waals surface area contributed by atoms with Crippen LogP contribution in [0.1, 0.15) is 26.7 Å². The minimum atomic E-state index is -1.26. The summed E-state index contributed by atoms with van der Waals surface area (Å²) in [5, 5.41) is 11.3. The predicted molar refractivity (Wildman–Crippen MR) is 84.7 cm³/mol. The Morgan fingerprint density at radius 1 is 1.42 bits per heavy atom. The quantitative estimate of drug-likeness (QED) is 0.828. The monoisotopic (exact) mass is 330 g/mol. The first-order valence-corrected chi connectivity index (χ1v) is 8.50. The number of ketones is 1. The van der Waals surface area contributed by atoms with Crippen molar-refractivity contribution in [3.8, 4) is 0 Å². The van der Waals surface area contributed by atoms with Gasteiger partial charge in [-0.3, -0.25) is 9.59 Å². The van der Waals surface area contributed by atoms with E-state index in [4.69, 9.17) is 4.74 Å². The predicted octanol–water partition coefficient (Wildman–Crippen LogP) is 1.35. The fraction of sp³-hybridized carbons (Fsp3) is 0.611. The lowest BCUT2D eigenvalue weighted by Crippen LogP contribution is -2.56. The highest BCUT2D eigenvalue weighted by molar-refractivity contribution is 6.00. The number of imidazole rings is 1. The second kappa shape index (κ2) is 5.02. The molecule has 1 aliphatic heterocycles. The third-order valence-corrected chi connectivity index (χ3v) is 6.50. The van der Waals surface area contributed by atoms with Crippen LogP contribution in [-0.4, -0.2) is 38.1 Å². The van der Waals surface area contributed by atoms with E-state index in [9.17, 15) is 14.7 Å². The maximum absolute atomic E-state index is 12.7. The van der Waals surface area contributed by atoms with Gasteiger partial charge in [0.15, 0.2) is 5.78 Å². The van der Waals surface area contributed by atoms with Crippen molar-refractivity contribution in [1.82, 2.24) is 9.55 Å². The van der Waals surface area contributed by atoms with E-state index in [-0.39, 0.29) is 29.5 Å². The molecule has 6 atom stereocenters. The molecule has 0 aromatic carbocycles. The first-order valence-electron chi connectivity index (χ1n) is 8.50. The third-order valence-electron chi connectivity index (χ3n) is 6.50. The summed E-state index contributed by atoms with van der Waals surface area (Å²) >= 11 is 0. The molecule has 2 heterocycles. The van der Waals surface area contributed by atoms with Gasteiger partial charge in [0.1, 0.15) is 11.7 Å². The van der Waals surface area contributed by atoms with Crippen molar-refractivity contribution in [2.24, 2.45) is 23.2 Å². The normalized spacial score (nSPS) is 44.1. The number of esters is 1. The van der Waals surface area contributed by atoms with Gasteiger partial charge in [-0.05, 0) is 37.8 Å². The lowest BCUT2D eigenvalue weighted by molar-refractivity contribution is -0.166. The van der Waals surface area contributed by atoms with E-state index in [1.165, 1.54) is 6.08 Å². The minimum absolute atomic E-state index is 0.0663. The number of hydrogen-bond acceptors (Lipinski definition) is 5. The average molecular weight is 330 g/mol. The van der Waals surface area contributed by atoms with Gasteiger partial charge in [-0.2, -0.15) is 0 Å². The van der Waals surface area contributed by atoms with Gasteiger partial charge in [-0.15, -0.1) is 0 Å². The Balaban J connectivity index is 1.73. The smallest absolute Gasteiger partial charge is 0.311 e. The number of hydrogen-bond donors (Lipinski definition) is 1. The fourth-order valence-corrected chi connectivity index (χ4v) is 4.87. The van der Waals surface area contributed by atoms with E-state index in [1.54, 1.807) is 25.5 Å². The lowest BCUT2D eigenvalue weighted by atomic mass is 9.64. The van der Waals surface area contributed by atoms with E-state index in [2.05, 4.69) is 4.98 Å². The molecule has 1 aromatic heterocycles. The minimum Gasteiger partial charge on any atom is -0.461 e. The van der Waals surface area contributed by atoms with Crippen LogP contribution in [0, 0.1) is 23.2 Å². The van der Waals surface area contributed by atoms with Crippen LogP contribution in [0.4, 0.5) is 0 Å². The van der Waals surface area contributed by atoms with Gasteiger partial charge in [-0.1, -0.05) is 6.92 Å². The molecule has 1 unspecified atom stereocenters. The van der Waals surface area contributed by atoms with Crippen LogP contribution in [0.2, 0.25) is 0 Å². The Hall–Kier alpha value is -1.95. The maximum atomic E-state index is 12.7. The summed E-state index contributed by atoms with van der Waals surface area (Å²) in [6.07, 6.45) is 9.17. The molecule has 4 rings (SSSR count). The Bertz CT molecular complexity index is 713. The number of aliphatic hydroxyl groups is 1. The first kappa shape index (κ1) is 15.6. The van der Waals surface area contributed by atoms with Gasteiger partial charge in [0.2, 0.25) is 0 Å². The molecule has 1 saturated heterocycles. The van der Waals surface area contributed by atoms with Gasteiger partial charge in [0.25, 0.3) is 0 Å². The largest absolute Gasteiger partial charge is 0.461 e. The Morgan fingerprint density at radius 3 is 2.92 bits per heavy atom. The number of carbonyl (C=O) groups is 2. The van der Waals surface area contributed by atoms with E-state index < -0.39 is 17.1 Å². The zero-order valence-electron chi connectivity index (χ0n) is 13.9. The Kier molecular flexibility index (Phi) is 3.26. The number of nitrogens with zero attached hydrogens (tertiary/aromatic N) is 2. The number of aromatic nitrogens is 2. The molecular weight excluding hydrogens is 308 g/mol. The molecule has 6 heteroatoms. The van der Waals surface area contributed by atoms with Gasteiger partial charge in [0, 0.05) is 24.9 Å². The van der Waals surface area contributed by atoms with E-state index in [0.717, 1.165) is 12.8 Å². The number of ether oxygens (including phenoxy) is 1. The highest BCUT2D eigenvalue weighted by atomic mass is 16.6. The molecule has 6 nitrogen and oxygen atoms in total. The molecule has 1 N–H and O–H groups in total. The van der Waals surface area contributed by atoms with Crippen LogP contribution in [0.25, 0.3) is 0 Å². The fourth-order valence-electron chi connectivity index (χ4n) is 4.87. The molecule has 2 fully saturated rings. The van der Waals surface area contributed by atoms with Crippen molar-refractivity contribution >= 4 is 11.8 Å². The van der Waals surface area contributed by atoms with Crippen molar-refractivity contribution in [1.29, 1.82) is 0 Å². The summed E-state index contributed by atoms with van der Waals surface area (Å²) in [6.45, 7) is 4.21. The maximum Gasteiger partial charge on any atom is 0.311 e. The van der Waals surface area contributed by atoms with E-state index >= 15 is 0 Å². The summed E-state index contributed by atoms with van der Waals surface area (Å²) < 4.78 is 7.58. The van der Waals surface area contributed by atoms with Gasteiger partial charge < -0.3 is 14.4 Å². The van der Waals surface area contributed by atoms with Gasteiger partial charge in [0.05, 0.1) is 17.7 Å². The van der Waals surface area contributed by atoms with Crippen molar-refractivity contribution in [2.75, 3.05) is 0 Å². The average Bonchev–Trinajstić information content (AvgIpc) is 3.22. The molecule has 128 valence electrons. The molecule has 0 spiro atoms. The van der Waals surface area contributed by atoms with Gasteiger partial charge >= 0.3 is 5.97 Å². The third kappa shape index (κ3) is 1.83. The molecule has 0 amide bonds. The SMILES string of the molecule is C[C@H]1CC[C@H]2C(Cn3ccnc3)C(=O)O[C@H]2[C@]2(C)C(=O)C=C[C@@]12O. The molecule has 24 heavy (non-hydrogen) atoms. The summed E-state index contributed by atoms with van der Waals surface area (Å²) in [5.41, 5.74) is -2.36. The van der Waals surface area contributed by atoms with Gasteiger partial charge in [-0.25, -0.2) is 4.98 Å². The van der Waals surface area contributed by atoms with Crippen LogP contribution in [-0.2, 0) is 20.9 Å². The van der Waals surface area contributed by atoms with Crippen LogP contribution in [0.3, 0.4) is 0 Å². The Labute approximate surface area is 140 Å². The van der Waals surface area contributed by atoms with Crippen LogP contribution in [0.15, 0.2) is 30.9 Å². The van der Waals surface area contributed by atoms with E-state index in [0.29, 0.717) is 6.54 Å². The molecule has 0 bridgehead atoms. The van der Waals surface area contributed by atoms with Crippen LogP contribution < -0.4 is 0 Å². The zero-order chi connectivity index (χ0) is 17.1. The Morgan fingerprint density at radius 2 is 2.21 bits per heavy atom. The van der Waals surface area contributed by atoms with Crippen LogP contribution in [0.5, 0.6) is 0 Å². The molecule has 1 saturated carbocycles. The highest BCUT2D eigenvalue weighted by Crippen LogP contribution is 2.56. The molecule has 3 aliphatic rings. The zero-order valence-corrected chi connectivity index (χ0v) is 13.9. The number of allylic oxidation sites excluding steroid dienone is 1. The second-order valence-corrected chi connectivity index (χ2v) is 7.59. The standard InChI is InChI=1S/C18H22N2O4/c1-11-3-4-12-13(9-20-8-7-19-10-20)16(22)24-15(12)17(2)14(21)5-6-18(11,17)23/h5-8,10-13,15,23H,3-4,9H2,1-2H3/t11-,12-,13?,15+,17-,18+/m0/s1. The second-order valence-electron chi connectivity index (χ2n) is 7.59. The molecule has 1 aromatic rings. The highest BCUT2D eigenvalue weighted by Gasteiger charge is 2.67. The summed E-state index contributed by atoms with van der Waals surface area (Å²) in [4.78, 5) is 29.2. The summed E-state index contributed by atoms with van der Waals surface area (Å²) in [7, 11) is 0. The van der Waals surface area contributed by atoms with Crippen molar-refractivity contribution < 1.29 is 19.4 Å². The van der Waals surface area contributed by atoms with Crippen molar-refractivity contribution in [3.05, 3.63) is 30.9 Å². The molecule has 0 radical (unpaired) electrons. The summed E-state index contributed by atoms with van der Waals surface area (Å²) in [6, 6.07) is 0. The molecule has 2 aliphatic carbocycles. The van der Waals surface area contributed by atoms with Crippen molar-refractivity contribution in [3.63, 3.8) is 0 Å². The summed E-state index contributed by atoms with van der Waals surface area (Å²) in [5.74, 6) is -0.890. The van der Waals surface area contributed by atoms with E-state index in [1.807, 2.05) is 17.7 Å². The topological polar surface area (TPSA) is 81.4 Å². The van der Waals surface area contributed by atoms with Crippen LogP contribution >= 0.6 is 0 Å². The lowest BCUT2D eigenvalue weighted by Gasteiger charge is -2.43.